The Balaban J connectivity index is 1.83. The largest absolute Gasteiger partial charge is 0.504 e. The second-order valence-electron chi connectivity index (χ2n) is 6.49. The van der Waals surface area contributed by atoms with E-state index in [2.05, 4.69) is 0 Å². The maximum atomic E-state index is 12.8. The first-order valence-electron chi connectivity index (χ1n) is 9.39. The fourth-order valence-electron chi connectivity index (χ4n) is 3.16. The number of carbonyl (C=O) groups is 1. The Bertz CT molecular complexity index is 865. The van der Waals surface area contributed by atoms with Gasteiger partial charge in [-0.1, -0.05) is 12.1 Å². The van der Waals surface area contributed by atoms with Crippen LogP contribution in [0.15, 0.2) is 47.5 Å². The number of hydrogen-bond donors (Lipinski definition) is 2. The zero-order valence-corrected chi connectivity index (χ0v) is 16.1. The Morgan fingerprint density at radius 1 is 0.821 bits per heavy atom. The Morgan fingerprint density at radius 3 is 1.64 bits per heavy atom. The summed E-state index contributed by atoms with van der Waals surface area (Å²) in [5, 5.41) is 19.6. The molecule has 3 rings (SSSR count). The number of benzene rings is 2. The number of carbonyl (C=O) groups excluding carboxylic acids is 1. The van der Waals surface area contributed by atoms with E-state index in [4.69, 9.17) is 9.47 Å². The summed E-state index contributed by atoms with van der Waals surface area (Å²) >= 11 is 0. The second-order valence-corrected chi connectivity index (χ2v) is 6.49. The van der Waals surface area contributed by atoms with Crippen LogP contribution in [-0.2, 0) is 4.79 Å². The minimum atomic E-state index is 0.0112. The van der Waals surface area contributed by atoms with Gasteiger partial charge in [-0.15, -0.1) is 0 Å². The van der Waals surface area contributed by atoms with E-state index in [9.17, 15) is 15.0 Å². The number of hydrogen-bond acceptors (Lipinski definition) is 5. The van der Waals surface area contributed by atoms with Gasteiger partial charge in [-0.3, -0.25) is 4.79 Å². The normalized spacial score (nSPS) is 16.7. The van der Waals surface area contributed by atoms with Gasteiger partial charge in [-0.2, -0.15) is 0 Å². The molecule has 5 heteroatoms. The van der Waals surface area contributed by atoms with Crippen LogP contribution in [0.3, 0.4) is 0 Å². The summed E-state index contributed by atoms with van der Waals surface area (Å²) in [6, 6.07) is 10.1. The minimum Gasteiger partial charge on any atom is -0.504 e. The molecule has 0 aliphatic heterocycles. The van der Waals surface area contributed by atoms with Gasteiger partial charge in [0.05, 0.1) is 13.2 Å². The van der Waals surface area contributed by atoms with Gasteiger partial charge in [-0.25, -0.2) is 0 Å². The Morgan fingerprint density at radius 2 is 1.25 bits per heavy atom. The monoisotopic (exact) mass is 380 g/mol. The molecular formula is C23H24O5. The summed E-state index contributed by atoms with van der Waals surface area (Å²) in [5.41, 5.74) is 3.08. The number of ether oxygens (including phenoxy) is 2. The first kappa shape index (κ1) is 19.5. The van der Waals surface area contributed by atoms with Crippen LogP contribution in [-0.4, -0.2) is 29.2 Å². The quantitative estimate of drug-likeness (QED) is 0.709. The number of ketones is 1. The third kappa shape index (κ3) is 4.36. The first-order chi connectivity index (χ1) is 13.5. The van der Waals surface area contributed by atoms with Crippen LogP contribution in [0.5, 0.6) is 23.0 Å². The molecule has 5 nitrogen and oxygen atoms in total. The second kappa shape index (κ2) is 8.65. The lowest BCUT2D eigenvalue weighted by atomic mass is 10.1. The van der Waals surface area contributed by atoms with Gasteiger partial charge < -0.3 is 19.7 Å². The smallest absolute Gasteiger partial charge is 0.185 e. The van der Waals surface area contributed by atoms with Gasteiger partial charge in [0.2, 0.25) is 0 Å². The molecule has 1 aliphatic carbocycles. The van der Waals surface area contributed by atoms with Crippen molar-refractivity contribution in [3.63, 3.8) is 0 Å². The van der Waals surface area contributed by atoms with Gasteiger partial charge in [0.15, 0.2) is 28.8 Å². The maximum absolute atomic E-state index is 12.8. The number of Topliss-reactive ketones (excluding diaryl/α,β-unsaturated/α-hetero) is 1. The number of allylic oxidation sites excluding steroid dienone is 2. The van der Waals surface area contributed by atoms with Gasteiger partial charge in [0, 0.05) is 11.1 Å². The predicted molar refractivity (Wildman–Crippen MR) is 109 cm³/mol. The topological polar surface area (TPSA) is 76.0 Å². The van der Waals surface area contributed by atoms with Gasteiger partial charge >= 0.3 is 0 Å². The molecule has 2 N–H and O–H groups in total. The molecule has 0 amide bonds. The Hall–Kier alpha value is -3.21. The van der Waals surface area contributed by atoms with E-state index in [-0.39, 0.29) is 17.3 Å². The Labute approximate surface area is 164 Å². The fraction of sp³-hybridized carbons (Fsp3) is 0.261. The van der Waals surface area contributed by atoms with Crippen molar-refractivity contribution in [1.29, 1.82) is 0 Å². The molecular weight excluding hydrogens is 356 g/mol. The zero-order valence-electron chi connectivity index (χ0n) is 16.1. The molecule has 1 aliphatic rings. The van der Waals surface area contributed by atoms with Crippen molar-refractivity contribution < 1.29 is 24.5 Å². The van der Waals surface area contributed by atoms with Crippen LogP contribution in [0.25, 0.3) is 12.2 Å². The summed E-state index contributed by atoms with van der Waals surface area (Å²) in [5.74, 6) is 0.993. The highest BCUT2D eigenvalue weighted by atomic mass is 16.5. The van der Waals surface area contributed by atoms with E-state index in [0.717, 1.165) is 22.3 Å². The van der Waals surface area contributed by atoms with E-state index in [1.54, 1.807) is 36.4 Å². The number of rotatable bonds is 6. The van der Waals surface area contributed by atoms with E-state index >= 15 is 0 Å². The third-order valence-corrected chi connectivity index (χ3v) is 4.50. The number of phenolic OH excluding ortho intramolecular Hbond substituents is 2. The van der Waals surface area contributed by atoms with Crippen LogP contribution in [0.4, 0.5) is 0 Å². The Kier molecular flexibility index (Phi) is 6.04. The minimum absolute atomic E-state index is 0.0112. The van der Waals surface area contributed by atoms with E-state index < -0.39 is 0 Å². The fourth-order valence-corrected chi connectivity index (χ4v) is 3.16. The summed E-state index contributed by atoms with van der Waals surface area (Å²) < 4.78 is 10.8. The average molecular weight is 380 g/mol. The first-order valence-corrected chi connectivity index (χ1v) is 9.39. The van der Waals surface area contributed by atoms with Crippen LogP contribution in [0.1, 0.15) is 37.8 Å². The number of phenols is 2. The zero-order chi connectivity index (χ0) is 20.1. The molecule has 2 aromatic carbocycles. The van der Waals surface area contributed by atoms with Crippen molar-refractivity contribution in [3.8, 4) is 23.0 Å². The van der Waals surface area contributed by atoms with Gasteiger partial charge in [0.25, 0.3) is 0 Å². The molecule has 0 radical (unpaired) electrons. The molecule has 1 saturated carbocycles. The standard InChI is InChI=1S/C23H24O5/c1-3-27-21-13-15(5-9-19(21)24)11-17-7-8-18(23(17)26)12-16-6-10-20(25)22(14-16)28-4-2/h5-6,9-14,24-25H,3-4,7-8H2,1-2H3/b17-11+,18-12+. The molecule has 0 bridgehead atoms. The summed E-state index contributed by atoms with van der Waals surface area (Å²) in [7, 11) is 0. The maximum Gasteiger partial charge on any atom is 0.185 e. The van der Waals surface area contributed by atoms with Crippen molar-refractivity contribution in [1.82, 2.24) is 0 Å². The SMILES string of the molecule is CCOc1cc(/C=C2\CC/C(=C\c3ccc(O)c(OCC)c3)C2=O)ccc1O. The highest BCUT2D eigenvalue weighted by Gasteiger charge is 2.23. The van der Waals surface area contributed by atoms with Crippen molar-refractivity contribution in [2.45, 2.75) is 26.7 Å². The molecule has 0 unspecified atom stereocenters. The third-order valence-electron chi connectivity index (χ3n) is 4.50. The lowest BCUT2D eigenvalue weighted by Gasteiger charge is -2.07. The molecule has 0 atom stereocenters. The molecule has 1 fully saturated rings. The van der Waals surface area contributed by atoms with Gasteiger partial charge in [0.1, 0.15) is 0 Å². The van der Waals surface area contributed by atoms with E-state index in [1.165, 1.54) is 0 Å². The van der Waals surface area contributed by atoms with Crippen molar-refractivity contribution in [3.05, 3.63) is 58.7 Å². The molecule has 0 saturated heterocycles. The van der Waals surface area contributed by atoms with Crippen LogP contribution in [0, 0.1) is 0 Å². The van der Waals surface area contributed by atoms with Crippen LogP contribution in [0.2, 0.25) is 0 Å². The molecule has 2 aromatic rings. The van der Waals surface area contributed by atoms with Gasteiger partial charge in [-0.05, 0) is 74.2 Å². The molecule has 0 spiro atoms. The van der Waals surface area contributed by atoms with Crippen molar-refractivity contribution in [2.24, 2.45) is 0 Å². The summed E-state index contributed by atoms with van der Waals surface area (Å²) in [4.78, 5) is 12.8. The summed E-state index contributed by atoms with van der Waals surface area (Å²) in [6.45, 7) is 4.61. The average Bonchev–Trinajstić information content (AvgIpc) is 3.01. The lowest BCUT2D eigenvalue weighted by molar-refractivity contribution is -0.111. The highest BCUT2D eigenvalue weighted by molar-refractivity contribution is 6.15. The van der Waals surface area contributed by atoms with E-state index in [1.807, 2.05) is 26.0 Å². The van der Waals surface area contributed by atoms with E-state index in [0.29, 0.717) is 37.6 Å². The summed E-state index contributed by atoms with van der Waals surface area (Å²) in [6.07, 6.45) is 5.00. The highest BCUT2D eigenvalue weighted by Crippen LogP contribution is 2.33. The van der Waals surface area contributed by atoms with Crippen molar-refractivity contribution >= 4 is 17.9 Å². The van der Waals surface area contributed by atoms with Crippen LogP contribution < -0.4 is 9.47 Å². The molecule has 146 valence electrons. The molecule has 0 aromatic heterocycles. The van der Waals surface area contributed by atoms with Crippen LogP contribution >= 0.6 is 0 Å². The molecule has 0 heterocycles. The number of aromatic hydroxyl groups is 2. The lowest BCUT2D eigenvalue weighted by Crippen LogP contribution is -1.96. The molecule has 28 heavy (non-hydrogen) atoms. The predicted octanol–water partition coefficient (Wildman–Crippen LogP) is 4.73. The van der Waals surface area contributed by atoms with Crippen molar-refractivity contribution in [2.75, 3.05) is 13.2 Å².